The molecule has 1 N–H and O–H groups in total. The van der Waals surface area contributed by atoms with Gasteiger partial charge in [-0.3, -0.25) is 0 Å². The first kappa shape index (κ1) is 19.2. The summed E-state index contributed by atoms with van der Waals surface area (Å²) in [7, 11) is 0. The molecule has 2 heterocycles. The van der Waals surface area contributed by atoms with E-state index in [-0.39, 0.29) is 5.92 Å². The molecule has 0 saturated carbocycles. The summed E-state index contributed by atoms with van der Waals surface area (Å²) in [5.74, 6) is 1.28. The van der Waals surface area contributed by atoms with Crippen molar-refractivity contribution in [2.45, 2.75) is 18.8 Å². The summed E-state index contributed by atoms with van der Waals surface area (Å²) in [6.07, 6.45) is 1.80. The Morgan fingerprint density at radius 1 is 0.867 bits per heavy atom. The molecule has 5 rings (SSSR count). The molecule has 1 aromatic heterocycles. The van der Waals surface area contributed by atoms with Crippen LogP contribution < -0.4 is 5.32 Å². The first-order chi connectivity index (χ1) is 14.7. The smallest absolute Gasteiger partial charge is 0.133 e. The second-order valence-corrected chi connectivity index (χ2v) is 8.44. The van der Waals surface area contributed by atoms with E-state index in [1.807, 2.05) is 16.8 Å². The maximum Gasteiger partial charge on any atom is 0.133 e. The van der Waals surface area contributed by atoms with Crippen LogP contribution in [0.15, 0.2) is 78.9 Å². The minimum atomic E-state index is 0.239. The van der Waals surface area contributed by atoms with E-state index in [1.165, 1.54) is 16.7 Å². The van der Waals surface area contributed by atoms with E-state index in [9.17, 15) is 0 Å². The van der Waals surface area contributed by atoms with E-state index in [2.05, 4.69) is 66.0 Å². The number of nitrogens with zero attached hydrogens (tertiary/aromatic N) is 2. The summed E-state index contributed by atoms with van der Waals surface area (Å²) >= 11 is 12.5. The van der Waals surface area contributed by atoms with Crippen molar-refractivity contribution in [2.24, 2.45) is 0 Å². The fourth-order valence-electron chi connectivity index (χ4n) is 4.25. The van der Waals surface area contributed by atoms with Gasteiger partial charge in [0.15, 0.2) is 0 Å². The van der Waals surface area contributed by atoms with Crippen LogP contribution in [0.2, 0.25) is 10.0 Å². The van der Waals surface area contributed by atoms with Gasteiger partial charge in [0, 0.05) is 34.5 Å². The van der Waals surface area contributed by atoms with Crippen LogP contribution in [-0.4, -0.2) is 16.3 Å². The summed E-state index contributed by atoms with van der Waals surface area (Å²) in [6, 6.07) is 26.9. The Kier molecular flexibility index (Phi) is 5.24. The van der Waals surface area contributed by atoms with Gasteiger partial charge in [0.25, 0.3) is 0 Å². The van der Waals surface area contributed by atoms with Gasteiger partial charge < -0.3 is 5.32 Å². The van der Waals surface area contributed by atoms with Crippen molar-refractivity contribution in [1.29, 1.82) is 0 Å². The maximum atomic E-state index is 6.26. The molecule has 1 aliphatic heterocycles. The lowest BCUT2D eigenvalue weighted by Gasteiger charge is -2.17. The Bertz CT molecular complexity index is 1110. The molecule has 0 saturated heterocycles. The van der Waals surface area contributed by atoms with Gasteiger partial charge >= 0.3 is 0 Å². The largest absolute Gasteiger partial charge is 0.369 e. The van der Waals surface area contributed by atoms with E-state index in [0.29, 0.717) is 10.0 Å². The molecule has 4 aromatic rings. The first-order valence-electron chi connectivity index (χ1n) is 10.1. The monoisotopic (exact) mass is 433 g/mol. The Balaban J connectivity index is 1.58. The Morgan fingerprint density at radius 2 is 1.47 bits per heavy atom. The van der Waals surface area contributed by atoms with Crippen LogP contribution in [0.25, 0.3) is 5.69 Å². The van der Waals surface area contributed by atoms with Gasteiger partial charge in [-0.1, -0.05) is 83.9 Å². The molecular weight excluding hydrogens is 413 g/mol. The van der Waals surface area contributed by atoms with Crippen LogP contribution >= 0.6 is 23.2 Å². The topological polar surface area (TPSA) is 29.9 Å². The van der Waals surface area contributed by atoms with Crippen LogP contribution in [-0.2, 0) is 12.8 Å². The van der Waals surface area contributed by atoms with Gasteiger partial charge in [-0.2, -0.15) is 5.10 Å². The molecular formula is C25H21Cl2N3. The van der Waals surface area contributed by atoms with Gasteiger partial charge in [-0.05, 0) is 35.7 Å². The van der Waals surface area contributed by atoms with Crippen LogP contribution in [0.1, 0.15) is 28.3 Å². The average molecular weight is 434 g/mol. The lowest BCUT2D eigenvalue weighted by Crippen LogP contribution is -2.09. The van der Waals surface area contributed by atoms with Gasteiger partial charge in [-0.15, -0.1) is 0 Å². The zero-order chi connectivity index (χ0) is 20.5. The molecule has 0 atom stereocenters. The normalized spacial score (nSPS) is 12.8. The average Bonchev–Trinajstić information content (AvgIpc) is 3.36. The molecule has 0 fully saturated rings. The number of aromatic nitrogens is 2. The van der Waals surface area contributed by atoms with E-state index < -0.39 is 0 Å². The summed E-state index contributed by atoms with van der Waals surface area (Å²) in [5.41, 5.74) is 5.86. The van der Waals surface area contributed by atoms with Gasteiger partial charge in [-0.25, -0.2) is 4.68 Å². The fraction of sp³-hybridized carbons (Fsp3) is 0.160. The van der Waals surface area contributed by atoms with E-state index in [1.54, 1.807) is 6.07 Å². The third-order valence-electron chi connectivity index (χ3n) is 5.63. The third-order valence-corrected chi connectivity index (χ3v) is 6.06. The summed E-state index contributed by atoms with van der Waals surface area (Å²) in [6.45, 7) is 0.913. The van der Waals surface area contributed by atoms with Crippen LogP contribution in [0, 0.1) is 0 Å². The molecule has 150 valence electrons. The van der Waals surface area contributed by atoms with E-state index in [4.69, 9.17) is 28.3 Å². The van der Waals surface area contributed by atoms with Gasteiger partial charge in [0.2, 0.25) is 0 Å². The second-order valence-electron chi connectivity index (χ2n) is 7.57. The minimum Gasteiger partial charge on any atom is -0.369 e. The fourth-order valence-corrected chi connectivity index (χ4v) is 4.76. The summed E-state index contributed by atoms with van der Waals surface area (Å²) < 4.78 is 1.95. The zero-order valence-corrected chi connectivity index (χ0v) is 17.9. The summed E-state index contributed by atoms with van der Waals surface area (Å²) in [4.78, 5) is 0. The van der Waals surface area contributed by atoms with Gasteiger partial charge in [0.05, 0.1) is 11.4 Å². The molecule has 0 unspecified atom stereocenters. The Hall–Kier alpha value is -2.75. The third kappa shape index (κ3) is 3.71. The van der Waals surface area contributed by atoms with Crippen molar-refractivity contribution < 1.29 is 0 Å². The number of fused-ring (bicyclic) bond motifs is 1. The second kappa shape index (κ2) is 8.17. The highest BCUT2D eigenvalue weighted by atomic mass is 35.5. The molecule has 30 heavy (non-hydrogen) atoms. The van der Waals surface area contributed by atoms with Crippen molar-refractivity contribution in [3.05, 3.63) is 111 Å². The van der Waals surface area contributed by atoms with Crippen molar-refractivity contribution >= 4 is 29.0 Å². The summed E-state index contributed by atoms with van der Waals surface area (Å²) in [5, 5.41) is 9.71. The SMILES string of the molecule is Clc1cc(Cl)cc(-n2nc(CC(c3ccccc3)c3ccccc3)c3c2NCC3)c1. The van der Waals surface area contributed by atoms with Crippen LogP contribution in [0.4, 0.5) is 5.82 Å². The number of halogens is 2. The van der Waals surface area contributed by atoms with Crippen LogP contribution in [0.3, 0.4) is 0 Å². The standard InChI is InChI=1S/C25H21Cl2N3/c26-19-13-20(27)15-21(14-19)30-25-22(11-12-28-25)24(29-30)16-23(17-7-3-1-4-8-17)18-9-5-2-6-10-18/h1-10,13-15,23,28H,11-12,16H2. The zero-order valence-electron chi connectivity index (χ0n) is 16.4. The molecule has 0 amide bonds. The number of anilines is 1. The Labute approximate surface area is 186 Å². The maximum absolute atomic E-state index is 6.26. The molecule has 5 heteroatoms. The Morgan fingerprint density at radius 3 is 2.07 bits per heavy atom. The van der Waals surface area contributed by atoms with Crippen molar-refractivity contribution in [3.8, 4) is 5.69 Å². The number of rotatable bonds is 5. The van der Waals surface area contributed by atoms with Crippen molar-refractivity contribution in [3.63, 3.8) is 0 Å². The van der Waals surface area contributed by atoms with E-state index >= 15 is 0 Å². The molecule has 3 aromatic carbocycles. The molecule has 0 spiro atoms. The molecule has 1 aliphatic rings. The number of hydrogen-bond acceptors (Lipinski definition) is 2. The number of benzene rings is 3. The highest BCUT2D eigenvalue weighted by Gasteiger charge is 2.26. The van der Waals surface area contributed by atoms with E-state index in [0.717, 1.165) is 36.6 Å². The predicted octanol–water partition coefficient (Wildman–Crippen LogP) is 6.52. The van der Waals surface area contributed by atoms with Crippen LogP contribution in [0.5, 0.6) is 0 Å². The van der Waals surface area contributed by atoms with Gasteiger partial charge in [0.1, 0.15) is 5.82 Å². The number of hydrogen-bond donors (Lipinski definition) is 1. The predicted molar refractivity (Wildman–Crippen MR) is 124 cm³/mol. The van der Waals surface area contributed by atoms with Crippen molar-refractivity contribution in [1.82, 2.24) is 9.78 Å². The molecule has 0 aliphatic carbocycles. The lowest BCUT2D eigenvalue weighted by molar-refractivity contribution is 0.745. The molecule has 3 nitrogen and oxygen atoms in total. The quantitative estimate of drug-likeness (QED) is 0.388. The lowest BCUT2D eigenvalue weighted by atomic mass is 9.86. The molecule has 0 bridgehead atoms. The highest BCUT2D eigenvalue weighted by Crippen LogP contribution is 2.35. The van der Waals surface area contributed by atoms with Crippen molar-refractivity contribution in [2.75, 3.05) is 11.9 Å². The highest BCUT2D eigenvalue weighted by molar-refractivity contribution is 6.34. The first-order valence-corrected chi connectivity index (χ1v) is 10.9. The number of nitrogens with one attached hydrogen (secondary N) is 1. The molecule has 0 radical (unpaired) electrons. The minimum absolute atomic E-state index is 0.239.